The fourth-order valence-electron chi connectivity index (χ4n) is 2.54. The molecule has 0 aromatic heterocycles. The summed E-state index contributed by atoms with van der Waals surface area (Å²) in [7, 11) is -4.76. The van der Waals surface area contributed by atoms with E-state index in [-0.39, 0.29) is 0 Å². The van der Waals surface area contributed by atoms with E-state index in [4.69, 9.17) is 4.52 Å². The van der Waals surface area contributed by atoms with Gasteiger partial charge in [0.05, 0.1) is 0 Å². The Hall–Kier alpha value is -2.63. The van der Waals surface area contributed by atoms with Crippen molar-refractivity contribution in [2.75, 3.05) is 10.2 Å². The Labute approximate surface area is 151 Å². The molecule has 0 saturated carbocycles. The van der Waals surface area contributed by atoms with Crippen molar-refractivity contribution in [2.45, 2.75) is 6.35 Å². The van der Waals surface area contributed by atoms with Gasteiger partial charge in [-0.3, -0.25) is 4.90 Å². The molecule has 3 rings (SSSR count). The summed E-state index contributed by atoms with van der Waals surface area (Å²) in [6.07, 6.45) is -1.12. The molecule has 26 heavy (non-hydrogen) atoms. The van der Waals surface area contributed by atoms with Crippen LogP contribution in [0.25, 0.3) is 0 Å². The molecule has 6 nitrogen and oxygen atoms in total. The fourth-order valence-corrected chi connectivity index (χ4v) is 2.95. The normalized spacial score (nSPS) is 12.4. The summed E-state index contributed by atoms with van der Waals surface area (Å²) in [6.45, 7) is 0. The van der Waals surface area contributed by atoms with Crippen LogP contribution in [-0.2, 0) is 9.09 Å². The number of nitrogens with zero attached hydrogens (tertiary/aromatic N) is 1. The molecule has 134 valence electrons. The van der Waals surface area contributed by atoms with E-state index in [0.717, 1.165) is 11.4 Å². The minimum Gasteiger partial charge on any atom is -0.342 e. The van der Waals surface area contributed by atoms with E-state index in [1.807, 2.05) is 78.9 Å². The average molecular weight is 370 g/mol. The predicted octanol–water partition coefficient (Wildman–Crippen LogP) is 4.33. The van der Waals surface area contributed by atoms with E-state index in [1.165, 1.54) is 0 Å². The molecule has 7 heteroatoms. The van der Waals surface area contributed by atoms with Gasteiger partial charge in [0.1, 0.15) is 0 Å². The SMILES string of the molecule is O=P(O)(O)OC(Nc1ccccc1)N(c1ccccc1)c1ccccc1. The molecule has 3 aromatic rings. The fraction of sp³-hybridized carbons (Fsp3) is 0.0526. The zero-order chi connectivity index (χ0) is 18.4. The number of hydrogen-bond acceptors (Lipinski definition) is 4. The second-order valence-corrected chi connectivity index (χ2v) is 6.69. The molecule has 0 amide bonds. The van der Waals surface area contributed by atoms with Crippen molar-refractivity contribution in [3.8, 4) is 0 Å². The van der Waals surface area contributed by atoms with E-state index >= 15 is 0 Å². The molecule has 0 fully saturated rings. The number of phosphoric ester groups is 1. The largest absolute Gasteiger partial charge is 0.472 e. The summed E-state index contributed by atoms with van der Waals surface area (Å²) >= 11 is 0. The van der Waals surface area contributed by atoms with Gasteiger partial charge in [0, 0.05) is 17.1 Å². The monoisotopic (exact) mass is 370 g/mol. The minimum atomic E-state index is -4.76. The van der Waals surface area contributed by atoms with E-state index in [0.29, 0.717) is 5.69 Å². The second-order valence-electron chi connectivity index (χ2n) is 5.50. The highest BCUT2D eigenvalue weighted by Crippen LogP contribution is 2.41. The molecule has 0 aliphatic carbocycles. The number of rotatable bonds is 7. The molecule has 0 radical (unpaired) electrons. The molecule has 3 aromatic carbocycles. The molecule has 0 spiro atoms. The maximum absolute atomic E-state index is 11.6. The predicted molar refractivity (Wildman–Crippen MR) is 102 cm³/mol. The summed E-state index contributed by atoms with van der Waals surface area (Å²) in [5, 5.41) is 3.04. The first-order chi connectivity index (χ1) is 12.5. The summed E-state index contributed by atoms with van der Waals surface area (Å²) < 4.78 is 16.7. The lowest BCUT2D eigenvalue weighted by atomic mass is 10.2. The third-order valence-corrected chi connectivity index (χ3v) is 4.08. The average Bonchev–Trinajstić information content (AvgIpc) is 2.63. The van der Waals surface area contributed by atoms with Gasteiger partial charge in [0.2, 0.25) is 6.35 Å². The number of phosphoric acid groups is 1. The van der Waals surface area contributed by atoms with Crippen LogP contribution in [0.5, 0.6) is 0 Å². The van der Waals surface area contributed by atoms with Crippen LogP contribution in [-0.4, -0.2) is 16.1 Å². The lowest BCUT2D eigenvalue weighted by molar-refractivity contribution is 0.153. The van der Waals surface area contributed by atoms with Crippen molar-refractivity contribution in [1.29, 1.82) is 0 Å². The van der Waals surface area contributed by atoms with Crippen molar-refractivity contribution in [1.82, 2.24) is 0 Å². The number of benzene rings is 3. The number of nitrogens with one attached hydrogen (secondary N) is 1. The molecule has 3 N–H and O–H groups in total. The first-order valence-corrected chi connectivity index (χ1v) is 9.51. The zero-order valence-electron chi connectivity index (χ0n) is 13.8. The molecular weight excluding hydrogens is 351 g/mol. The third-order valence-electron chi connectivity index (χ3n) is 3.60. The summed E-state index contributed by atoms with van der Waals surface area (Å²) in [5.74, 6) is 0. The highest BCUT2D eigenvalue weighted by atomic mass is 31.2. The molecule has 0 aliphatic heterocycles. The van der Waals surface area contributed by atoms with E-state index in [2.05, 4.69) is 5.32 Å². The Morgan fingerprint density at radius 1 is 0.769 bits per heavy atom. The summed E-state index contributed by atoms with van der Waals surface area (Å²) in [4.78, 5) is 20.5. The van der Waals surface area contributed by atoms with Crippen LogP contribution in [0.1, 0.15) is 0 Å². The Kier molecular flexibility index (Phi) is 5.71. The van der Waals surface area contributed by atoms with Gasteiger partial charge in [-0.25, -0.2) is 9.09 Å². The lowest BCUT2D eigenvalue weighted by Gasteiger charge is -2.34. The van der Waals surface area contributed by atoms with Crippen molar-refractivity contribution < 1.29 is 18.9 Å². The highest BCUT2D eigenvalue weighted by Gasteiger charge is 2.29. The van der Waals surface area contributed by atoms with Crippen LogP contribution in [0.15, 0.2) is 91.0 Å². The maximum atomic E-state index is 11.6. The van der Waals surface area contributed by atoms with E-state index < -0.39 is 14.2 Å². The standard InChI is InChI=1S/C19H19N2O4P/c22-26(23,24)25-19(20-16-10-4-1-5-11-16)21(17-12-6-2-7-13-17)18-14-8-3-9-15-18/h1-15,19-20H,(H2,22,23,24). The van der Waals surface area contributed by atoms with Crippen LogP contribution in [0.2, 0.25) is 0 Å². The Morgan fingerprint density at radius 3 is 1.62 bits per heavy atom. The van der Waals surface area contributed by atoms with Gasteiger partial charge in [0.15, 0.2) is 0 Å². The van der Waals surface area contributed by atoms with Gasteiger partial charge in [-0.2, -0.15) is 0 Å². The lowest BCUT2D eigenvalue weighted by Crippen LogP contribution is -2.39. The number of anilines is 3. The van der Waals surface area contributed by atoms with Crippen LogP contribution in [0.4, 0.5) is 17.1 Å². The minimum absolute atomic E-state index is 0.669. The topological polar surface area (TPSA) is 82.0 Å². The molecular formula is C19H19N2O4P. The van der Waals surface area contributed by atoms with Gasteiger partial charge in [-0.15, -0.1) is 0 Å². The molecule has 1 unspecified atom stereocenters. The Balaban J connectivity index is 2.04. The van der Waals surface area contributed by atoms with Gasteiger partial charge >= 0.3 is 7.82 Å². The Bertz CT molecular complexity index is 817. The zero-order valence-corrected chi connectivity index (χ0v) is 14.7. The smallest absolute Gasteiger partial charge is 0.342 e. The van der Waals surface area contributed by atoms with Gasteiger partial charge in [-0.05, 0) is 36.4 Å². The second kappa shape index (κ2) is 8.17. The van der Waals surface area contributed by atoms with E-state index in [1.54, 1.807) is 17.0 Å². The van der Waals surface area contributed by atoms with Crippen molar-refractivity contribution >= 4 is 24.9 Å². The first kappa shape index (κ1) is 18.2. The molecule has 1 atom stereocenters. The van der Waals surface area contributed by atoms with Crippen molar-refractivity contribution in [2.24, 2.45) is 0 Å². The van der Waals surface area contributed by atoms with Crippen LogP contribution in [0, 0.1) is 0 Å². The van der Waals surface area contributed by atoms with Crippen LogP contribution >= 0.6 is 7.82 Å². The van der Waals surface area contributed by atoms with Gasteiger partial charge in [0.25, 0.3) is 0 Å². The maximum Gasteiger partial charge on any atom is 0.472 e. The number of hydrogen-bond donors (Lipinski definition) is 3. The first-order valence-electron chi connectivity index (χ1n) is 7.98. The molecule has 0 bridgehead atoms. The molecule has 0 heterocycles. The van der Waals surface area contributed by atoms with Crippen LogP contribution < -0.4 is 10.2 Å². The van der Waals surface area contributed by atoms with Gasteiger partial charge < -0.3 is 15.1 Å². The molecule has 0 saturated heterocycles. The van der Waals surface area contributed by atoms with Gasteiger partial charge in [-0.1, -0.05) is 54.6 Å². The number of para-hydroxylation sites is 3. The van der Waals surface area contributed by atoms with Crippen LogP contribution in [0.3, 0.4) is 0 Å². The summed E-state index contributed by atoms with van der Waals surface area (Å²) in [5.41, 5.74) is 2.11. The molecule has 0 aliphatic rings. The quantitative estimate of drug-likeness (QED) is 0.424. The van der Waals surface area contributed by atoms with Crippen molar-refractivity contribution in [3.05, 3.63) is 91.0 Å². The van der Waals surface area contributed by atoms with Crippen molar-refractivity contribution in [3.63, 3.8) is 0 Å². The summed E-state index contributed by atoms with van der Waals surface area (Å²) in [6, 6.07) is 27.6. The highest BCUT2D eigenvalue weighted by molar-refractivity contribution is 7.46. The Morgan fingerprint density at radius 2 is 1.19 bits per heavy atom. The van der Waals surface area contributed by atoms with E-state index in [9.17, 15) is 14.4 Å². The third kappa shape index (κ3) is 4.94.